The average Bonchev–Trinajstić information content (AvgIpc) is 2.96. The van der Waals surface area contributed by atoms with Crippen molar-refractivity contribution < 1.29 is 0 Å². The molecule has 0 radical (unpaired) electrons. The van der Waals surface area contributed by atoms with Crippen LogP contribution in [-0.4, -0.2) is 19.9 Å². The van der Waals surface area contributed by atoms with Gasteiger partial charge in [-0.3, -0.25) is 4.98 Å². The minimum Gasteiger partial charge on any atom is -0.343 e. The highest BCUT2D eigenvalue weighted by Crippen LogP contribution is 2.09. The summed E-state index contributed by atoms with van der Waals surface area (Å²) >= 11 is 0. The maximum Gasteiger partial charge on any atom is 0.177 e. The molecule has 1 N–H and O–H groups in total. The smallest absolute Gasteiger partial charge is 0.177 e. The molecule has 0 aliphatic rings. The molecule has 0 atom stereocenters. The summed E-state index contributed by atoms with van der Waals surface area (Å²) < 4.78 is 0. The number of hydrogen-bond acceptors (Lipinski definition) is 3. The van der Waals surface area contributed by atoms with Crippen molar-refractivity contribution in [3.05, 3.63) is 67.4 Å². The van der Waals surface area contributed by atoms with Gasteiger partial charge in [0.05, 0.1) is 11.8 Å². The van der Waals surface area contributed by atoms with Gasteiger partial charge in [-0.1, -0.05) is 24.3 Å². The van der Waals surface area contributed by atoms with E-state index in [9.17, 15) is 0 Å². The predicted octanol–water partition coefficient (Wildman–Crippen LogP) is 3.19. The Morgan fingerprint density at radius 2 is 1.68 bits per heavy atom. The molecule has 92 valence electrons. The number of hydrogen-bond donors (Lipinski definition) is 1. The first-order valence-corrected chi connectivity index (χ1v) is 5.96. The van der Waals surface area contributed by atoms with Crippen molar-refractivity contribution in [1.29, 1.82) is 0 Å². The van der Waals surface area contributed by atoms with Crippen LogP contribution < -0.4 is 0 Å². The third kappa shape index (κ3) is 2.57. The minimum atomic E-state index is 0.775. The average molecular weight is 248 g/mol. The molecule has 0 aliphatic carbocycles. The van der Waals surface area contributed by atoms with E-state index in [1.54, 1.807) is 12.5 Å². The topological polar surface area (TPSA) is 54.5 Å². The Morgan fingerprint density at radius 1 is 0.789 bits per heavy atom. The van der Waals surface area contributed by atoms with Crippen LogP contribution in [0.25, 0.3) is 21.9 Å². The molecule has 0 saturated heterocycles. The molecule has 4 aromatic rings. The number of nitrogens with one attached hydrogen (secondary N) is 1. The van der Waals surface area contributed by atoms with Crippen molar-refractivity contribution in [3.8, 4) is 0 Å². The molecular formula is C15H12N4. The fraction of sp³-hybridized carbons (Fsp3) is 0. The molecule has 0 fully saturated rings. The molecule has 4 rings (SSSR count). The monoisotopic (exact) mass is 248 g/mol. The zero-order valence-corrected chi connectivity index (χ0v) is 10.2. The van der Waals surface area contributed by atoms with Crippen LogP contribution >= 0.6 is 0 Å². The van der Waals surface area contributed by atoms with Crippen molar-refractivity contribution in [3.63, 3.8) is 0 Å². The van der Waals surface area contributed by atoms with Gasteiger partial charge in [-0.05, 0) is 29.0 Å². The Labute approximate surface area is 110 Å². The van der Waals surface area contributed by atoms with Crippen molar-refractivity contribution >= 4 is 21.9 Å². The molecule has 0 aliphatic heterocycles. The highest BCUT2D eigenvalue weighted by Gasteiger charge is 1.90. The summed E-state index contributed by atoms with van der Waals surface area (Å²) in [5.41, 5.74) is 1.76. The maximum absolute atomic E-state index is 4.01. The fourth-order valence-corrected chi connectivity index (χ4v) is 1.80. The fourth-order valence-electron chi connectivity index (χ4n) is 1.80. The Kier molecular flexibility index (Phi) is 3.14. The van der Waals surface area contributed by atoms with Gasteiger partial charge in [-0.15, -0.1) is 0 Å². The van der Waals surface area contributed by atoms with Crippen LogP contribution in [0.2, 0.25) is 0 Å². The molecule has 4 heteroatoms. The quantitative estimate of drug-likeness (QED) is 0.520. The van der Waals surface area contributed by atoms with E-state index < -0.39 is 0 Å². The van der Waals surface area contributed by atoms with Crippen LogP contribution in [0.15, 0.2) is 67.4 Å². The lowest BCUT2D eigenvalue weighted by molar-refractivity contribution is 1.30. The maximum atomic E-state index is 4.01. The van der Waals surface area contributed by atoms with E-state index in [2.05, 4.69) is 32.1 Å². The highest BCUT2D eigenvalue weighted by molar-refractivity contribution is 5.80. The zero-order chi connectivity index (χ0) is 12.9. The Hall–Kier alpha value is -2.75. The molecule has 3 aromatic heterocycles. The van der Waals surface area contributed by atoms with E-state index in [4.69, 9.17) is 0 Å². The highest BCUT2D eigenvalue weighted by atomic mass is 14.9. The summed E-state index contributed by atoms with van der Waals surface area (Å²) in [4.78, 5) is 14.9. The van der Waals surface area contributed by atoms with Gasteiger partial charge in [0, 0.05) is 18.6 Å². The molecule has 0 bridgehead atoms. The van der Waals surface area contributed by atoms with Gasteiger partial charge in [-0.2, -0.15) is 0 Å². The number of rotatable bonds is 0. The van der Waals surface area contributed by atoms with E-state index in [1.165, 1.54) is 10.8 Å². The molecule has 0 saturated carbocycles. The van der Waals surface area contributed by atoms with Crippen molar-refractivity contribution in [2.45, 2.75) is 0 Å². The summed E-state index contributed by atoms with van der Waals surface area (Å²) in [6, 6.07) is 14.0. The third-order valence-corrected chi connectivity index (χ3v) is 2.74. The van der Waals surface area contributed by atoms with E-state index in [-0.39, 0.29) is 0 Å². The van der Waals surface area contributed by atoms with E-state index >= 15 is 0 Å². The number of H-pyrrole nitrogens is 1. The zero-order valence-electron chi connectivity index (χ0n) is 10.2. The Balaban J connectivity index is 0.000000117. The van der Waals surface area contributed by atoms with Crippen LogP contribution in [0.5, 0.6) is 0 Å². The molecule has 1 aromatic carbocycles. The van der Waals surface area contributed by atoms with Crippen LogP contribution in [-0.2, 0) is 0 Å². The van der Waals surface area contributed by atoms with Gasteiger partial charge in [0.25, 0.3) is 0 Å². The van der Waals surface area contributed by atoms with Gasteiger partial charge >= 0.3 is 0 Å². The first-order valence-electron chi connectivity index (χ1n) is 5.96. The number of aromatic nitrogens is 4. The first kappa shape index (κ1) is 11.3. The van der Waals surface area contributed by atoms with Gasteiger partial charge in [0.2, 0.25) is 0 Å². The lowest BCUT2D eigenvalue weighted by Gasteiger charge is -1.91. The molecule has 19 heavy (non-hydrogen) atoms. The number of aromatic amines is 1. The summed E-state index contributed by atoms with van der Waals surface area (Å²) in [7, 11) is 0. The molecule has 0 unspecified atom stereocenters. The second-order valence-electron chi connectivity index (χ2n) is 4.00. The summed E-state index contributed by atoms with van der Waals surface area (Å²) in [6.07, 6.45) is 7.04. The van der Waals surface area contributed by atoms with Crippen LogP contribution in [0.1, 0.15) is 0 Å². The lowest BCUT2D eigenvalue weighted by Crippen LogP contribution is -1.71. The number of fused-ring (bicyclic) bond motifs is 2. The predicted molar refractivity (Wildman–Crippen MR) is 75.6 cm³/mol. The SMILES string of the molecule is c1ccc2cnccc2c1.c1cnc2nc[nH]c2c1. The van der Waals surface area contributed by atoms with Crippen LogP contribution in [0.3, 0.4) is 0 Å². The molecule has 0 spiro atoms. The second-order valence-corrected chi connectivity index (χ2v) is 4.00. The Morgan fingerprint density at radius 3 is 2.53 bits per heavy atom. The van der Waals surface area contributed by atoms with Gasteiger partial charge in [0.15, 0.2) is 5.65 Å². The van der Waals surface area contributed by atoms with Gasteiger partial charge in [0.1, 0.15) is 0 Å². The minimum absolute atomic E-state index is 0.775. The van der Waals surface area contributed by atoms with Crippen molar-refractivity contribution in [2.24, 2.45) is 0 Å². The normalized spacial score (nSPS) is 10.1. The van der Waals surface area contributed by atoms with E-state index in [1.807, 2.05) is 42.7 Å². The summed E-state index contributed by atoms with van der Waals surface area (Å²) in [5.74, 6) is 0. The number of benzene rings is 1. The molecule has 3 heterocycles. The lowest BCUT2D eigenvalue weighted by atomic mass is 10.2. The van der Waals surface area contributed by atoms with Gasteiger partial charge in [-0.25, -0.2) is 9.97 Å². The largest absolute Gasteiger partial charge is 0.343 e. The molecule has 4 nitrogen and oxygen atoms in total. The first-order chi connectivity index (χ1) is 9.43. The van der Waals surface area contributed by atoms with Crippen molar-refractivity contribution in [2.75, 3.05) is 0 Å². The van der Waals surface area contributed by atoms with E-state index in [0.717, 1.165) is 11.2 Å². The summed E-state index contributed by atoms with van der Waals surface area (Å²) in [5, 5.41) is 2.45. The summed E-state index contributed by atoms with van der Waals surface area (Å²) in [6.45, 7) is 0. The van der Waals surface area contributed by atoms with E-state index in [0.29, 0.717) is 0 Å². The molecular weight excluding hydrogens is 236 g/mol. The number of nitrogens with zero attached hydrogens (tertiary/aromatic N) is 3. The number of imidazole rings is 1. The van der Waals surface area contributed by atoms with Crippen molar-refractivity contribution in [1.82, 2.24) is 19.9 Å². The van der Waals surface area contributed by atoms with Gasteiger partial charge < -0.3 is 4.98 Å². The third-order valence-electron chi connectivity index (χ3n) is 2.74. The second kappa shape index (κ2) is 5.27. The standard InChI is InChI=1S/C9H7N.C6H5N3/c1-2-4-9-7-10-6-5-8(9)3-1;1-2-5-6(7-3-1)9-4-8-5/h1-7H;1-4H,(H,7,8,9). The van der Waals surface area contributed by atoms with Crippen LogP contribution in [0, 0.1) is 0 Å². The molecule has 0 amide bonds. The van der Waals surface area contributed by atoms with Crippen LogP contribution in [0.4, 0.5) is 0 Å². The number of pyridine rings is 2. The Bertz CT molecular complexity index is 696.